The summed E-state index contributed by atoms with van der Waals surface area (Å²) in [5, 5.41) is 3.40. The average molecular weight is 378 g/mol. The molecule has 28 heavy (non-hydrogen) atoms. The monoisotopic (exact) mass is 378 g/mol. The van der Waals surface area contributed by atoms with E-state index in [9.17, 15) is 9.59 Å². The van der Waals surface area contributed by atoms with Crippen molar-refractivity contribution in [3.63, 3.8) is 0 Å². The first-order valence-electron chi connectivity index (χ1n) is 9.30. The van der Waals surface area contributed by atoms with E-state index in [2.05, 4.69) is 15.2 Å². The molecule has 1 aromatic heterocycles. The van der Waals surface area contributed by atoms with Gasteiger partial charge in [-0.15, -0.1) is 0 Å². The van der Waals surface area contributed by atoms with Crippen LogP contribution in [0.3, 0.4) is 0 Å². The van der Waals surface area contributed by atoms with Crippen LogP contribution in [0.15, 0.2) is 53.3 Å². The Morgan fingerprint density at radius 3 is 2.75 bits per heavy atom. The molecule has 1 amide bonds. The number of nitrogens with one attached hydrogen (secondary N) is 1. The van der Waals surface area contributed by atoms with Gasteiger partial charge in [-0.3, -0.25) is 14.2 Å². The van der Waals surface area contributed by atoms with Crippen molar-refractivity contribution in [2.24, 2.45) is 0 Å². The highest BCUT2D eigenvalue weighted by molar-refractivity contribution is 5.91. The molecule has 0 bridgehead atoms. The number of aromatic nitrogens is 2. The van der Waals surface area contributed by atoms with Gasteiger partial charge in [0.2, 0.25) is 5.91 Å². The first-order valence-corrected chi connectivity index (χ1v) is 9.30. The van der Waals surface area contributed by atoms with E-state index in [1.807, 2.05) is 30.3 Å². The van der Waals surface area contributed by atoms with Gasteiger partial charge < -0.3 is 15.0 Å². The maximum Gasteiger partial charge on any atom is 0.261 e. The van der Waals surface area contributed by atoms with E-state index in [0.29, 0.717) is 35.6 Å². The highest BCUT2D eigenvalue weighted by atomic mass is 16.5. The molecule has 0 aliphatic carbocycles. The summed E-state index contributed by atoms with van der Waals surface area (Å²) in [6, 6.07) is 14.9. The number of fused-ring (bicyclic) bond motifs is 1. The number of nitrogens with zero attached hydrogens (tertiary/aromatic N) is 3. The maximum atomic E-state index is 12.7. The third kappa shape index (κ3) is 3.75. The first kappa shape index (κ1) is 18.2. The second-order valence-corrected chi connectivity index (χ2v) is 6.77. The zero-order valence-corrected chi connectivity index (χ0v) is 15.7. The molecule has 7 nitrogen and oxygen atoms in total. The third-order valence-electron chi connectivity index (χ3n) is 4.86. The molecule has 1 fully saturated rings. The van der Waals surface area contributed by atoms with Crippen LogP contribution in [0.25, 0.3) is 10.9 Å². The molecule has 0 unspecified atom stereocenters. The van der Waals surface area contributed by atoms with Crippen molar-refractivity contribution >= 4 is 28.2 Å². The number of hydrogen-bond donors (Lipinski definition) is 1. The van der Waals surface area contributed by atoms with Crippen molar-refractivity contribution in [1.29, 1.82) is 0 Å². The van der Waals surface area contributed by atoms with Crippen molar-refractivity contribution in [3.8, 4) is 0 Å². The first-order chi connectivity index (χ1) is 13.6. The van der Waals surface area contributed by atoms with Crippen LogP contribution in [0.5, 0.6) is 0 Å². The van der Waals surface area contributed by atoms with E-state index in [1.165, 1.54) is 4.57 Å². The lowest BCUT2D eigenvalue weighted by atomic mass is 10.2. The summed E-state index contributed by atoms with van der Waals surface area (Å²) in [6.45, 7) is 4.72. The van der Waals surface area contributed by atoms with Crippen LogP contribution in [-0.4, -0.2) is 41.8 Å². The average Bonchev–Trinajstić information content (AvgIpc) is 2.72. The van der Waals surface area contributed by atoms with Crippen molar-refractivity contribution < 1.29 is 9.53 Å². The van der Waals surface area contributed by atoms with Gasteiger partial charge in [0.15, 0.2) is 0 Å². The summed E-state index contributed by atoms with van der Waals surface area (Å²) in [4.78, 5) is 32.0. The topological polar surface area (TPSA) is 76.5 Å². The molecule has 7 heteroatoms. The number of rotatable bonds is 4. The number of carbonyl (C=O) groups is 1. The Balaban J connectivity index is 1.52. The zero-order valence-electron chi connectivity index (χ0n) is 15.7. The Morgan fingerprint density at radius 1 is 1.14 bits per heavy atom. The fourth-order valence-electron chi connectivity index (χ4n) is 3.41. The lowest BCUT2D eigenvalue weighted by Crippen LogP contribution is -2.36. The van der Waals surface area contributed by atoms with Gasteiger partial charge in [-0.2, -0.15) is 0 Å². The summed E-state index contributed by atoms with van der Waals surface area (Å²) in [6.07, 6.45) is 0. The largest absolute Gasteiger partial charge is 0.378 e. The second kappa shape index (κ2) is 7.82. The zero-order chi connectivity index (χ0) is 19.5. The van der Waals surface area contributed by atoms with E-state index in [4.69, 9.17) is 4.74 Å². The second-order valence-electron chi connectivity index (χ2n) is 6.77. The van der Waals surface area contributed by atoms with E-state index < -0.39 is 0 Å². The van der Waals surface area contributed by atoms with Gasteiger partial charge in [0, 0.05) is 24.5 Å². The number of ether oxygens (including phenoxy) is 1. The van der Waals surface area contributed by atoms with Crippen molar-refractivity contribution in [3.05, 3.63) is 64.7 Å². The van der Waals surface area contributed by atoms with Crippen LogP contribution in [0.4, 0.5) is 11.4 Å². The van der Waals surface area contributed by atoms with E-state index in [-0.39, 0.29) is 18.0 Å². The number of aryl methyl sites for hydroxylation is 1. The summed E-state index contributed by atoms with van der Waals surface area (Å²) in [7, 11) is 0. The maximum absolute atomic E-state index is 12.7. The normalized spacial score (nSPS) is 14.2. The Bertz CT molecular complexity index is 1070. The molecule has 0 radical (unpaired) electrons. The minimum atomic E-state index is -0.263. The quantitative estimate of drug-likeness (QED) is 0.753. The third-order valence-corrected chi connectivity index (χ3v) is 4.86. The molecule has 1 N–H and O–H groups in total. The standard InChI is InChI=1S/C21H22N4O3/c1-15-22-19-8-3-2-7-18(19)21(27)25(15)14-20(26)23-16-5-4-6-17(13-16)24-9-11-28-12-10-24/h2-8,13H,9-12,14H2,1H3,(H,23,26). The summed E-state index contributed by atoms with van der Waals surface area (Å²) < 4.78 is 6.79. The molecule has 0 saturated carbocycles. The molecule has 0 spiro atoms. The fourth-order valence-corrected chi connectivity index (χ4v) is 3.41. The van der Waals surface area contributed by atoms with E-state index in [1.54, 1.807) is 25.1 Å². The molecule has 144 valence electrons. The minimum Gasteiger partial charge on any atom is -0.378 e. The van der Waals surface area contributed by atoms with Gasteiger partial charge in [-0.1, -0.05) is 18.2 Å². The number of benzene rings is 2. The van der Waals surface area contributed by atoms with Crippen molar-refractivity contribution in [1.82, 2.24) is 9.55 Å². The number of anilines is 2. The van der Waals surface area contributed by atoms with Gasteiger partial charge in [0.1, 0.15) is 12.4 Å². The van der Waals surface area contributed by atoms with Gasteiger partial charge in [-0.25, -0.2) is 4.98 Å². The molecular formula is C21H22N4O3. The molecule has 3 aromatic rings. The number of amides is 1. The number of para-hydroxylation sites is 1. The number of carbonyl (C=O) groups excluding carboxylic acids is 1. The molecular weight excluding hydrogens is 356 g/mol. The van der Waals surface area contributed by atoms with Gasteiger partial charge in [0.05, 0.1) is 24.1 Å². The van der Waals surface area contributed by atoms with Crippen molar-refractivity contribution in [2.75, 3.05) is 36.5 Å². The van der Waals surface area contributed by atoms with Crippen LogP contribution in [0.1, 0.15) is 5.82 Å². The van der Waals surface area contributed by atoms with Crippen LogP contribution < -0.4 is 15.8 Å². The Hall–Kier alpha value is -3.19. The van der Waals surface area contributed by atoms with Gasteiger partial charge in [0.25, 0.3) is 5.56 Å². The lowest BCUT2D eigenvalue weighted by Gasteiger charge is -2.29. The summed E-state index contributed by atoms with van der Waals surface area (Å²) in [5.41, 5.74) is 2.18. The van der Waals surface area contributed by atoms with Crippen LogP contribution in [0.2, 0.25) is 0 Å². The smallest absolute Gasteiger partial charge is 0.261 e. The Kier molecular flexibility index (Phi) is 5.08. The number of morpholine rings is 1. The molecule has 0 atom stereocenters. The Morgan fingerprint density at radius 2 is 1.93 bits per heavy atom. The SMILES string of the molecule is Cc1nc2ccccc2c(=O)n1CC(=O)Nc1cccc(N2CCOCC2)c1. The predicted octanol–water partition coefficient (Wildman–Crippen LogP) is 2.18. The van der Waals surface area contributed by atoms with Gasteiger partial charge >= 0.3 is 0 Å². The minimum absolute atomic E-state index is 0.0791. The van der Waals surface area contributed by atoms with E-state index >= 15 is 0 Å². The molecule has 2 aromatic carbocycles. The fraction of sp³-hybridized carbons (Fsp3) is 0.286. The number of hydrogen-bond acceptors (Lipinski definition) is 5. The Labute approximate surface area is 162 Å². The van der Waals surface area contributed by atoms with Gasteiger partial charge in [-0.05, 0) is 37.3 Å². The highest BCUT2D eigenvalue weighted by Gasteiger charge is 2.14. The predicted molar refractivity (Wildman–Crippen MR) is 109 cm³/mol. The molecule has 4 rings (SSSR count). The summed E-state index contributed by atoms with van der Waals surface area (Å²) in [5.74, 6) is 0.252. The highest BCUT2D eigenvalue weighted by Crippen LogP contribution is 2.20. The van der Waals surface area contributed by atoms with Crippen LogP contribution in [-0.2, 0) is 16.1 Å². The van der Waals surface area contributed by atoms with E-state index in [0.717, 1.165) is 18.8 Å². The molecule has 1 aliphatic rings. The summed E-state index contributed by atoms with van der Waals surface area (Å²) >= 11 is 0. The van der Waals surface area contributed by atoms with Crippen molar-refractivity contribution in [2.45, 2.75) is 13.5 Å². The molecule has 1 saturated heterocycles. The lowest BCUT2D eigenvalue weighted by molar-refractivity contribution is -0.116. The molecule has 2 heterocycles. The molecule has 1 aliphatic heterocycles. The van der Waals surface area contributed by atoms with Crippen LogP contribution in [0, 0.1) is 6.92 Å². The van der Waals surface area contributed by atoms with Crippen LogP contribution >= 0.6 is 0 Å².